The van der Waals surface area contributed by atoms with Gasteiger partial charge in [-0.1, -0.05) is 42.5 Å². The number of halogens is 1. The van der Waals surface area contributed by atoms with Crippen molar-refractivity contribution in [2.45, 2.75) is 4.90 Å². The van der Waals surface area contributed by atoms with Gasteiger partial charge in [0.1, 0.15) is 29.0 Å². The number of rotatable bonds is 8. The maximum atomic E-state index is 13.2. The number of nitrogens with zero attached hydrogens (tertiary/aromatic N) is 3. The van der Waals surface area contributed by atoms with Gasteiger partial charge < -0.3 is 4.74 Å². The van der Waals surface area contributed by atoms with Crippen LogP contribution in [0.1, 0.15) is 5.56 Å². The molecular weight excluding hydrogens is 482 g/mol. The van der Waals surface area contributed by atoms with E-state index in [0.29, 0.717) is 28.6 Å². The second-order valence-electron chi connectivity index (χ2n) is 7.41. The Morgan fingerprint density at radius 2 is 1.74 bits per heavy atom. The van der Waals surface area contributed by atoms with Crippen molar-refractivity contribution in [2.24, 2.45) is 0 Å². The van der Waals surface area contributed by atoms with Gasteiger partial charge in [0.25, 0.3) is 0 Å². The monoisotopic (exact) mass is 501 g/mol. The van der Waals surface area contributed by atoms with Crippen molar-refractivity contribution in [3.63, 3.8) is 0 Å². The summed E-state index contributed by atoms with van der Waals surface area (Å²) in [5, 5.41) is 14.9. The minimum atomic E-state index is -4.06. The minimum Gasteiger partial charge on any atom is -0.490 e. The summed E-state index contributed by atoms with van der Waals surface area (Å²) in [5.41, 5.74) is 2.52. The first kappa shape index (κ1) is 24.0. The van der Waals surface area contributed by atoms with Crippen LogP contribution in [0.25, 0.3) is 23.0 Å². The summed E-state index contributed by atoms with van der Waals surface area (Å²) >= 11 is 5.89. The number of sulfone groups is 1. The Bertz CT molecular complexity index is 1520. The van der Waals surface area contributed by atoms with Crippen molar-refractivity contribution >= 4 is 27.5 Å². The topological polar surface area (TPSA) is 85.0 Å². The Hall–Kier alpha value is -4.12. The molecule has 0 amide bonds. The minimum absolute atomic E-state index is 0.0181. The quantitative estimate of drug-likeness (QED) is 0.215. The van der Waals surface area contributed by atoms with E-state index in [1.54, 1.807) is 29.1 Å². The van der Waals surface area contributed by atoms with Crippen LogP contribution in [0.15, 0.2) is 108 Å². The van der Waals surface area contributed by atoms with E-state index < -0.39 is 14.7 Å². The molecule has 174 valence electrons. The van der Waals surface area contributed by atoms with Crippen LogP contribution in [-0.2, 0) is 9.84 Å². The van der Waals surface area contributed by atoms with Gasteiger partial charge in [0.15, 0.2) is 0 Å². The molecule has 0 radical (unpaired) electrons. The molecule has 0 atom stereocenters. The number of aromatic nitrogens is 2. The van der Waals surface area contributed by atoms with Gasteiger partial charge in [-0.3, -0.25) is 0 Å². The third-order valence-electron chi connectivity index (χ3n) is 5.07. The summed E-state index contributed by atoms with van der Waals surface area (Å²) in [6, 6.07) is 24.2. The molecule has 0 spiro atoms. The Balaban J connectivity index is 1.82. The average Bonchev–Trinajstić information content (AvgIpc) is 3.31. The predicted octanol–water partition coefficient (Wildman–Crippen LogP) is 6.10. The summed E-state index contributed by atoms with van der Waals surface area (Å²) < 4.78 is 33.5. The number of allylic oxidation sites excluding steroid dienone is 1. The number of benzene rings is 3. The number of hydrogen-bond acceptors (Lipinski definition) is 5. The normalized spacial score (nSPS) is 11.6. The molecule has 35 heavy (non-hydrogen) atoms. The van der Waals surface area contributed by atoms with Crippen molar-refractivity contribution in [3.05, 3.63) is 113 Å². The Labute approximate surface area is 208 Å². The molecule has 8 heteroatoms. The zero-order chi connectivity index (χ0) is 24.8. The van der Waals surface area contributed by atoms with Gasteiger partial charge in [0.2, 0.25) is 9.84 Å². The average molecular weight is 502 g/mol. The van der Waals surface area contributed by atoms with Crippen molar-refractivity contribution in [1.29, 1.82) is 5.26 Å². The number of ether oxygens (including phenoxy) is 1. The highest BCUT2D eigenvalue weighted by molar-refractivity contribution is 7.95. The Morgan fingerprint density at radius 3 is 2.37 bits per heavy atom. The van der Waals surface area contributed by atoms with Crippen LogP contribution in [0.2, 0.25) is 5.02 Å². The number of para-hydroxylation sites is 1. The van der Waals surface area contributed by atoms with E-state index in [1.165, 1.54) is 30.3 Å². The molecule has 3 aromatic carbocycles. The third kappa shape index (κ3) is 5.35. The molecule has 0 aliphatic heterocycles. The number of nitriles is 1. The zero-order valence-corrected chi connectivity index (χ0v) is 20.1. The largest absolute Gasteiger partial charge is 0.490 e. The highest BCUT2D eigenvalue weighted by Gasteiger charge is 2.22. The van der Waals surface area contributed by atoms with Gasteiger partial charge in [-0.2, -0.15) is 10.4 Å². The fraction of sp³-hybridized carbons (Fsp3) is 0.0370. The van der Waals surface area contributed by atoms with Crippen LogP contribution in [0.4, 0.5) is 0 Å². The zero-order valence-electron chi connectivity index (χ0n) is 18.5. The second kappa shape index (κ2) is 10.4. The van der Waals surface area contributed by atoms with Crippen LogP contribution in [0.5, 0.6) is 5.75 Å². The molecule has 1 heterocycles. The van der Waals surface area contributed by atoms with Gasteiger partial charge in [-0.05, 0) is 66.7 Å². The molecule has 0 fully saturated rings. The van der Waals surface area contributed by atoms with Crippen LogP contribution in [0.3, 0.4) is 0 Å². The maximum absolute atomic E-state index is 13.2. The maximum Gasteiger partial charge on any atom is 0.216 e. The van der Waals surface area contributed by atoms with Crippen molar-refractivity contribution < 1.29 is 13.2 Å². The standard InChI is InChI=1S/C27H20ClN3O3S/c1-2-16-34-24-12-8-20(9-13-24)27-21(19-31(30-27)23-6-4-3-5-7-23)17-26(18-29)35(32,33)25-14-10-22(28)11-15-25/h2-15,17,19H,1,16H2/b26-17+. The second-order valence-corrected chi connectivity index (χ2v) is 9.77. The molecule has 0 bridgehead atoms. The summed E-state index contributed by atoms with van der Waals surface area (Å²) in [6.45, 7) is 4.02. The molecule has 0 unspecified atom stereocenters. The van der Waals surface area contributed by atoms with E-state index >= 15 is 0 Å². The van der Waals surface area contributed by atoms with Crippen molar-refractivity contribution in [1.82, 2.24) is 9.78 Å². The Kier molecular flexibility index (Phi) is 7.16. The van der Waals surface area contributed by atoms with Gasteiger partial charge in [-0.25, -0.2) is 13.1 Å². The van der Waals surface area contributed by atoms with Crippen molar-refractivity contribution in [2.75, 3.05) is 6.61 Å². The van der Waals surface area contributed by atoms with Crippen molar-refractivity contribution in [3.8, 4) is 28.8 Å². The fourth-order valence-electron chi connectivity index (χ4n) is 3.35. The van der Waals surface area contributed by atoms with Crippen LogP contribution >= 0.6 is 11.6 Å². The SMILES string of the molecule is C=CCOc1ccc(-c2nn(-c3ccccc3)cc2/C=C(\C#N)S(=O)(=O)c2ccc(Cl)cc2)cc1. The van der Waals surface area contributed by atoms with Crippen LogP contribution in [0, 0.1) is 11.3 Å². The first-order valence-corrected chi connectivity index (χ1v) is 12.4. The predicted molar refractivity (Wildman–Crippen MR) is 137 cm³/mol. The molecule has 1 aromatic heterocycles. The van der Waals surface area contributed by atoms with Gasteiger partial charge in [0.05, 0.1) is 10.6 Å². The lowest BCUT2D eigenvalue weighted by Gasteiger charge is -2.05. The highest BCUT2D eigenvalue weighted by Crippen LogP contribution is 2.30. The third-order valence-corrected chi connectivity index (χ3v) is 7.00. The van der Waals surface area contributed by atoms with E-state index in [4.69, 9.17) is 16.3 Å². The highest BCUT2D eigenvalue weighted by atomic mass is 35.5. The summed E-state index contributed by atoms with van der Waals surface area (Å²) in [4.78, 5) is -0.421. The van der Waals surface area contributed by atoms with E-state index in [-0.39, 0.29) is 4.90 Å². The van der Waals surface area contributed by atoms with Gasteiger partial charge in [-0.15, -0.1) is 0 Å². The summed E-state index contributed by atoms with van der Waals surface area (Å²) in [7, 11) is -4.06. The van der Waals surface area contributed by atoms with E-state index in [9.17, 15) is 13.7 Å². The molecule has 4 rings (SSSR count). The first-order chi connectivity index (χ1) is 16.9. The molecule has 0 aliphatic carbocycles. The van der Waals surface area contributed by atoms with E-state index in [1.807, 2.05) is 48.5 Å². The Morgan fingerprint density at radius 1 is 1.06 bits per heavy atom. The lowest BCUT2D eigenvalue weighted by Crippen LogP contribution is -2.03. The lowest BCUT2D eigenvalue weighted by molar-refractivity contribution is 0.363. The molecule has 0 saturated carbocycles. The smallest absolute Gasteiger partial charge is 0.216 e. The molecular formula is C27H20ClN3O3S. The van der Waals surface area contributed by atoms with Gasteiger partial charge >= 0.3 is 0 Å². The van der Waals surface area contributed by atoms with E-state index in [0.717, 1.165) is 11.3 Å². The molecule has 0 aliphatic rings. The first-order valence-electron chi connectivity index (χ1n) is 10.5. The van der Waals surface area contributed by atoms with Crippen LogP contribution < -0.4 is 4.74 Å². The lowest BCUT2D eigenvalue weighted by atomic mass is 10.1. The summed E-state index contributed by atoms with van der Waals surface area (Å²) in [5.74, 6) is 0.663. The van der Waals surface area contributed by atoms with Crippen LogP contribution in [-0.4, -0.2) is 24.8 Å². The number of hydrogen-bond donors (Lipinski definition) is 0. The summed E-state index contributed by atoms with van der Waals surface area (Å²) in [6.07, 6.45) is 4.69. The van der Waals surface area contributed by atoms with E-state index in [2.05, 4.69) is 11.7 Å². The molecule has 0 N–H and O–H groups in total. The van der Waals surface area contributed by atoms with Gasteiger partial charge in [0, 0.05) is 22.3 Å². The molecule has 4 aromatic rings. The molecule has 6 nitrogen and oxygen atoms in total. The fourth-order valence-corrected chi connectivity index (χ4v) is 4.62. The molecule has 0 saturated heterocycles.